The summed E-state index contributed by atoms with van der Waals surface area (Å²) in [5, 5.41) is 3.52. The predicted molar refractivity (Wildman–Crippen MR) is 53.4 cm³/mol. The maximum Gasteiger partial charge on any atom is 0.0281 e. The highest BCUT2D eigenvalue weighted by Crippen LogP contribution is 2.20. The molecular weight excluding hydrogens is 148 g/mol. The number of hydrogen-bond acceptors (Lipinski definition) is 2. The highest BCUT2D eigenvalue weighted by Gasteiger charge is 2.33. The molecule has 2 heteroatoms. The minimum atomic E-state index is 0.320. The van der Waals surface area contributed by atoms with Gasteiger partial charge in [-0.3, -0.25) is 4.90 Å². The number of nitrogens with one attached hydrogen (secondary N) is 1. The number of rotatable bonds is 1. The van der Waals surface area contributed by atoms with Crippen LogP contribution in [0.1, 0.15) is 34.6 Å². The van der Waals surface area contributed by atoms with Gasteiger partial charge in [-0.05, 0) is 34.6 Å². The molecule has 0 radical (unpaired) electrons. The molecule has 1 aliphatic heterocycles. The minimum Gasteiger partial charge on any atom is -0.311 e. The first-order chi connectivity index (χ1) is 5.43. The second kappa shape index (κ2) is 3.35. The second-order valence-electron chi connectivity index (χ2n) is 4.84. The van der Waals surface area contributed by atoms with Crippen LogP contribution in [0, 0.1) is 0 Å². The third-order valence-electron chi connectivity index (χ3n) is 2.75. The van der Waals surface area contributed by atoms with Crippen molar-refractivity contribution in [1.29, 1.82) is 0 Å². The molecule has 1 heterocycles. The molecule has 1 saturated heterocycles. The van der Waals surface area contributed by atoms with E-state index in [1.165, 1.54) is 6.54 Å². The molecule has 72 valence electrons. The standard InChI is InChI=1S/C10H22N2/c1-8(2)12-6-9(3)11-7-10(12,4)5/h8-9,11H,6-7H2,1-5H3. The lowest BCUT2D eigenvalue weighted by atomic mass is 9.96. The van der Waals surface area contributed by atoms with Gasteiger partial charge < -0.3 is 5.32 Å². The first-order valence-corrected chi connectivity index (χ1v) is 4.93. The average molecular weight is 170 g/mol. The summed E-state index contributed by atoms with van der Waals surface area (Å²) in [5.74, 6) is 0. The third-order valence-corrected chi connectivity index (χ3v) is 2.75. The van der Waals surface area contributed by atoms with E-state index in [2.05, 4.69) is 44.8 Å². The Morgan fingerprint density at radius 3 is 2.42 bits per heavy atom. The molecule has 0 amide bonds. The molecule has 1 unspecified atom stereocenters. The monoisotopic (exact) mass is 170 g/mol. The average Bonchev–Trinajstić information content (AvgIpc) is 1.94. The van der Waals surface area contributed by atoms with Crippen LogP contribution < -0.4 is 5.32 Å². The molecule has 0 aromatic carbocycles. The van der Waals surface area contributed by atoms with Gasteiger partial charge in [0.2, 0.25) is 0 Å². The summed E-state index contributed by atoms with van der Waals surface area (Å²) in [4.78, 5) is 2.58. The van der Waals surface area contributed by atoms with Crippen LogP contribution in [0.25, 0.3) is 0 Å². The van der Waals surface area contributed by atoms with Crippen molar-refractivity contribution in [3.63, 3.8) is 0 Å². The maximum absolute atomic E-state index is 3.52. The van der Waals surface area contributed by atoms with Crippen molar-refractivity contribution in [1.82, 2.24) is 10.2 Å². The summed E-state index contributed by atoms with van der Waals surface area (Å²) in [6.07, 6.45) is 0. The van der Waals surface area contributed by atoms with Gasteiger partial charge in [0.25, 0.3) is 0 Å². The third kappa shape index (κ3) is 1.99. The number of piperazine rings is 1. The highest BCUT2D eigenvalue weighted by molar-refractivity contribution is 4.92. The van der Waals surface area contributed by atoms with E-state index in [1.807, 2.05) is 0 Å². The molecule has 1 N–H and O–H groups in total. The molecule has 0 saturated carbocycles. The first kappa shape index (κ1) is 10.0. The molecule has 2 nitrogen and oxygen atoms in total. The van der Waals surface area contributed by atoms with Crippen molar-refractivity contribution in [3.05, 3.63) is 0 Å². The minimum absolute atomic E-state index is 0.320. The Morgan fingerprint density at radius 1 is 1.42 bits per heavy atom. The van der Waals surface area contributed by atoms with Crippen LogP contribution in [-0.4, -0.2) is 35.6 Å². The molecular formula is C10H22N2. The maximum atomic E-state index is 3.52. The number of nitrogens with zero attached hydrogens (tertiary/aromatic N) is 1. The van der Waals surface area contributed by atoms with Crippen molar-refractivity contribution < 1.29 is 0 Å². The van der Waals surface area contributed by atoms with Crippen molar-refractivity contribution in [2.45, 2.75) is 52.2 Å². The summed E-state index contributed by atoms with van der Waals surface area (Å²) in [6.45, 7) is 13.7. The van der Waals surface area contributed by atoms with Gasteiger partial charge in [-0.1, -0.05) is 0 Å². The fourth-order valence-electron chi connectivity index (χ4n) is 2.04. The lowest BCUT2D eigenvalue weighted by molar-refractivity contribution is 0.0414. The molecule has 0 aliphatic carbocycles. The van der Waals surface area contributed by atoms with Crippen LogP contribution in [0.2, 0.25) is 0 Å². The van der Waals surface area contributed by atoms with Gasteiger partial charge in [0.15, 0.2) is 0 Å². The fraction of sp³-hybridized carbons (Fsp3) is 1.00. The Morgan fingerprint density at radius 2 is 2.00 bits per heavy atom. The van der Waals surface area contributed by atoms with E-state index in [-0.39, 0.29) is 0 Å². The van der Waals surface area contributed by atoms with Gasteiger partial charge in [0, 0.05) is 30.7 Å². The SMILES string of the molecule is CC1CN(C(C)C)C(C)(C)CN1. The van der Waals surface area contributed by atoms with Crippen LogP contribution in [0.5, 0.6) is 0 Å². The Kier molecular flexibility index (Phi) is 2.79. The Bertz CT molecular complexity index is 152. The highest BCUT2D eigenvalue weighted by atomic mass is 15.3. The number of hydrogen-bond donors (Lipinski definition) is 1. The van der Waals surface area contributed by atoms with Gasteiger partial charge in [-0.15, -0.1) is 0 Å². The lowest BCUT2D eigenvalue weighted by Crippen LogP contribution is -2.63. The lowest BCUT2D eigenvalue weighted by Gasteiger charge is -2.47. The Hall–Kier alpha value is -0.0800. The summed E-state index contributed by atoms with van der Waals surface area (Å²) in [6, 6.07) is 1.30. The van der Waals surface area contributed by atoms with Crippen LogP contribution >= 0.6 is 0 Å². The van der Waals surface area contributed by atoms with E-state index in [0.717, 1.165) is 6.54 Å². The van der Waals surface area contributed by atoms with Gasteiger partial charge in [-0.25, -0.2) is 0 Å². The summed E-state index contributed by atoms with van der Waals surface area (Å²) in [5.41, 5.74) is 0.320. The molecule has 0 bridgehead atoms. The second-order valence-corrected chi connectivity index (χ2v) is 4.84. The van der Waals surface area contributed by atoms with Crippen molar-refractivity contribution in [2.75, 3.05) is 13.1 Å². The summed E-state index contributed by atoms with van der Waals surface area (Å²) >= 11 is 0. The Balaban J connectivity index is 2.65. The Labute approximate surface area is 76.3 Å². The van der Waals surface area contributed by atoms with E-state index in [0.29, 0.717) is 17.6 Å². The normalized spacial score (nSPS) is 31.0. The summed E-state index contributed by atoms with van der Waals surface area (Å²) < 4.78 is 0. The van der Waals surface area contributed by atoms with Crippen LogP contribution in [0.4, 0.5) is 0 Å². The van der Waals surface area contributed by atoms with E-state index in [4.69, 9.17) is 0 Å². The van der Waals surface area contributed by atoms with Crippen molar-refractivity contribution in [3.8, 4) is 0 Å². The van der Waals surface area contributed by atoms with Gasteiger partial charge >= 0.3 is 0 Å². The zero-order chi connectivity index (χ0) is 9.35. The first-order valence-electron chi connectivity index (χ1n) is 4.93. The largest absolute Gasteiger partial charge is 0.311 e. The van der Waals surface area contributed by atoms with E-state index in [9.17, 15) is 0 Å². The molecule has 0 aromatic rings. The van der Waals surface area contributed by atoms with E-state index < -0.39 is 0 Å². The van der Waals surface area contributed by atoms with Crippen molar-refractivity contribution >= 4 is 0 Å². The van der Waals surface area contributed by atoms with Gasteiger partial charge in [0.1, 0.15) is 0 Å². The summed E-state index contributed by atoms with van der Waals surface area (Å²) in [7, 11) is 0. The van der Waals surface area contributed by atoms with Crippen LogP contribution in [-0.2, 0) is 0 Å². The molecule has 0 aromatic heterocycles. The molecule has 1 atom stereocenters. The van der Waals surface area contributed by atoms with Gasteiger partial charge in [0.05, 0.1) is 0 Å². The van der Waals surface area contributed by atoms with Gasteiger partial charge in [-0.2, -0.15) is 0 Å². The smallest absolute Gasteiger partial charge is 0.0281 e. The predicted octanol–water partition coefficient (Wildman–Crippen LogP) is 1.47. The quantitative estimate of drug-likeness (QED) is 0.641. The molecule has 1 fully saturated rings. The molecule has 1 rings (SSSR count). The molecule has 1 aliphatic rings. The zero-order valence-corrected chi connectivity index (χ0v) is 9.02. The zero-order valence-electron chi connectivity index (χ0n) is 9.02. The fourth-order valence-corrected chi connectivity index (χ4v) is 2.04. The van der Waals surface area contributed by atoms with E-state index in [1.54, 1.807) is 0 Å². The van der Waals surface area contributed by atoms with Crippen molar-refractivity contribution in [2.24, 2.45) is 0 Å². The van der Waals surface area contributed by atoms with Crippen LogP contribution in [0.15, 0.2) is 0 Å². The molecule has 0 spiro atoms. The van der Waals surface area contributed by atoms with Crippen LogP contribution in [0.3, 0.4) is 0 Å². The molecule has 12 heavy (non-hydrogen) atoms. The topological polar surface area (TPSA) is 15.3 Å². The van der Waals surface area contributed by atoms with E-state index >= 15 is 0 Å².